The maximum atomic E-state index is 10.6. The van der Waals surface area contributed by atoms with E-state index >= 15 is 0 Å². The summed E-state index contributed by atoms with van der Waals surface area (Å²) in [7, 11) is 0. The summed E-state index contributed by atoms with van der Waals surface area (Å²) in [5.41, 5.74) is 2.29. The highest BCUT2D eigenvalue weighted by Gasteiger charge is 2.00. The van der Waals surface area contributed by atoms with Crippen molar-refractivity contribution in [3.05, 3.63) is 24.3 Å². The maximum absolute atomic E-state index is 10.6. The molecule has 1 heterocycles. The van der Waals surface area contributed by atoms with Crippen molar-refractivity contribution in [2.45, 2.75) is 12.8 Å². The Morgan fingerprint density at radius 2 is 2.42 bits per heavy atom. The van der Waals surface area contributed by atoms with Crippen LogP contribution in [0.5, 0.6) is 0 Å². The fraction of sp³-hybridized carbons (Fsp3) is 0.286. The van der Waals surface area contributed by atoms with Crippen LogP contribution in [0.25, 0.3) is 0 Å². The van der Waals surface area contributed by atoms with E-state index in [4.69, 9.17) is 5.21 Å². The van der Waals surface area contributed by atoms with Crippen molar-refractivity contribution in [1.29, 1.82) is 0 Å². The molecule has 0 aliphatic rings. The first-order valence-electron chi connectivity index (χ1n) is 3.51. The molecule has 5 nitrogen and oxygen atoms in total. The highest BCUT2D eigenvalue weighted by Crippen LogP contribution is 1.95. The van der Waals surface area contributed by atoms with E-state index in [-0.39, 0.29) is 6.42 Å². The molecule has 0 aliphatic carbocycles. The molecule has 0 fully saturated rings. The van der Waals surface area contributed by atoms with Crippen molar-refractivity contribution in [2.75, 3.05) is 0 Å². The monoisotopic (exact) mass is 167 g/mol. The second-order valence-electron chi connectivity index (χ2n) is 2.23. The molecule has 2 N–H and O–H groups in total. The van der Waals surface area contributed by atoms with Crippen molar-refractivity contribution >= 4 is 5.91 Å². The largest absolute Gasteiger partial charge is 0.289 e. The van der Waals surface area contributed by atoms with Gasteiger partial charge in [-0.2, -0.15) is 0 Å². The average molecular weight is 167 g/mol. The molecule has 0 atom stereocenters. The lowest BCUT2D eigenvalue weighted by atomic mass is 10.2. The number of nitrogens with zero attached hydrogens (tertiary/aromatic N) is 2. The standard InChI is InChI=1S/C7H9N3O2/c11-7(10-12)2-1-6-5-8-3-4-9-6/h3-5,12H,1-2H2,(H,10,11). The molecule has 1 amide bonds. The Labute approximate surface area is 69.4 Å². The van der Waals surface area contributed by atoms with Crippen LogP contribution >= 0.6 is 0 Å². The molecule has 1 aromatic rings. The second-order valence-corrected chi connectivity index (χ2v) is 2.23. The molecule has 64 valence electrons. The average Bonchev–Trinajstić information content (AvgIpc) is 2.16. The molecular formula is C7H9N3O2. The highest BCUT2D eigenvalue weighted by molar-refractivity contribution is 5.74. The van der Waals surface area contributed by atoms with Gasteiger partial charge >= 0.3 is 0 Å². The minimum absolute atomic E-state index is 0.217. The number of aryl methyl sites for hydroxylation is 1. The first kappa shape index (κ1) is 8.61. The van der Waals surface area contributed by atoms with Crippen LogP contribution in [-0.4, -0.2) is 21.1 Å². The number of amides is 1. The molecule has 0 aromatic carbocycles. The van der Waals surface area contributed by atoms with E-state index in [1.54, 1.807) is 24.1 Å². The number of carbonyl (C=O) groups excluding carboxylic acids is 1. The molecule has 0 saturated carbocycles. The zero-order chi connectivity index (χ0) is 8.81. The minimum Gasteiger partial charge on any atom is -0.289 e. The number of nitrogens with one attached hydrogen (secondary N) is 1. The smallest absolute Gasteiger partial charge is 0.243 e. The lowest BCUT2D eigenvalue weighted by Gasteiger charge is -1.97. The van der Waals surface area contributed by atoms with Gasteiger partial charge in [0, 0.05) is 31.4 Å². The first-order chi connectivity index (χ1) is 5.83. The predicted molar refractivity (Wildman–Crippen MR) is 40.3 cm³/mol. The molecule has 0 aliphatic heterocycles. The molecule has 1 rings (SSSR count). The van der Waals surface area contributed by atoms with Crippen molar-refractivity contribution in [1.82, 2.24) is 15.4 Å². The van der Waals surface area contributed by atoms with Crippen LogP contribution in [0, 0.1) is 0 Å². The molecule has 5 heteroatoms. The lowest BCUT2D eigenvalue weighted by Crippen LogP contribution is -2.18. The van der Waals surface area contributed by atoms with Gasteiger partial charge in [0.05, 0.1) is 5.69 Å². The summed E-state index contributed by atoms with van der Waals surface area (Å²) < 4.78 is 0. The van der Waals surface area contributed by atoms with Gasteiger partial charge in [-0.1, -0.05) is 0 Å². The van der Waals surface area contributed by atoms with E-state index in [9.17, 15) is 4.79 Å². The summed E-state index contributed by atoms with van der Waals surface area (Å²) >= 11 is 0. The molecule has 12 heavy (non-hydrogen) atoms. The van der Waals surface area contributed by atoms with Gasteiger partial charge in [-0.3, -0.25) is 20.0 Å². The lowest BCUT2D eigenvalue weighted by molar-refractivity contribution is -0.129. The number of hydroxylamine groups is 1. The number of rotatable bonds is 3. The number of hydrogen-bond donors (Lipinski definition) is 2. The Kier molecular flexibility index (Phi) is 3.16. The zero-order valence-corrected chi connectivity index (χ0v) is 6.40. The van der Waals surface area contributed by atoms with Crippen LogP contribution < -0.4 is 5.48 Å². The SMILES string of the molecule is O=C(CCc1cnccn1)NO. The summed E-state index contributed by atoms with van der Waals surface area (Å²) in [6.07, 6.45) is 5.42. The fourth-order valence-electron chi connectivity index (χ4n) is 0.757. The van der Waals surface area contributed by atoms with Crippen LogP contribution in [0.1, 0.15) is 12.1 Å². The summed E-state index contributed by atoms with van der Waals surface area (Å²) in [5.74, 6) is -0.416. The summed E-state index contributed by atoms with van der Waals surface area (Å²) in [6, 6.07) is 0. The molecule has 0 unspecified atom stereocenters. The van der Waals surface area contributed by atoms with E-state index in [1.165, 1.54) is 0 Å². The molecular weight excluding hydrogens is 158 g/mol. The first-order valence-corrected chi connectivity index (χ1v) is 3.51. The summed E-state index contributed by atoms with van der Waals surface area (Å²) in [4.78, 5) is 18.4. The van der Waals surface area contributed by atoms with Gasteiger partial charge in [0.25, 0.3) is 0 Å². The third-order valence-electron chi connectivity index (χ3n) is 1.35. The van der Waals surface area contributed by atoms with Crippen molar-refractivity contribution in [2.24, 2.45) is 0 Å². The van der Waals surface area contributed by atoms with Crippen molar-refractivity contribution in [3.8, 4) is 0 Å². The van der Waals surface area contributed by atoms with Gasteiger partial charge < -0.3 is 0 Å². The third kappa shape index (κ3) is 2.63. The second kappa shape index (κ2) is 4.40. The summed E-state index contributed by atoms with van der Waals surface area (Å²) in [5, 5.41) is 8.18. The normalized spacial score (nSPS) is 9.42. The minimum atomic E-state index is -0.416. The van der Waals surface area contributed by atoms with E-state index in [1.807, 2.05) is 0 Å². The van der Waals surface area contributed by atoms with E-state index in [2.05, 4.69) is 9.97 Å². The zero-order valence-electron chi connectivity index (χ0n) is 6.40. The van der Waals surface area contributed by atoms with Gasteiger partial charge in [-0.05, 0) is 0 Å². The fourth-order valence-corrected chi connectivity index (χ4v) is 0.757. The molecule has 0 spiro atoms. The van der Waals surface area contributed by atoms with Crippen molar-refractivity contribution in [3.63, 3.8) is 0 Å². The Hall–Kier alpha value is -1.49. The van der Waals surface area contributed by atoms with Crippen LogP contribution in [-0.2, 0) is 11.2 Å². The molecule has 0 bridgehead atoms. The number of aromatic nitrogens is 2. The van der Waals surface area contributed by atoms with Gasteiger partial charge in [0.15, 0.2) is 0 Å². The van der Waals surface area contributed by atoms with Crippen LogP contribution in [0.3, 0.4) is 0 Å². The van der Waals surface area contributed by atoms with Crippen molar-refractivity contribution < 1.29 is 10.0 Å². The Bertz CT molecular complexity index is 250. The summed E-state index contributed by atoms with van der Waals surface area (Å²) in [6.45, 7) is 0. The Balaban J connectivity index is 2.38. The Morgan fingerprint density at radius 3 is 3.00 bits per heavy atom. The van der Waals surface area contributed by atoms with E-state index in [0.717, 1.165) is 5.69 Å². The quantitative estimate of drug-likeness (QED) is 0.487. The third-order valence-corrected chi connectivity index (χ3v) is 1.35. The number of carbonyl (C=O) groups is 1. The molecule has 1 aromatic heterocycles. The number of hydrogen-bond acceptors (Lipinski definition) is 4. The van der Waals surface area contributed by atoms with E-state index < -0.39 is 5.91 Å². The van der Waals surface area contributed by atoms with Gasteiger partial charge in [-0.25, -0.2) is 5.48 Å². The van der Waals surface area contributed by atoms with Crippen LogP contribution in [0.4, 0.5) is 0 Å². The predicted octanol–water partition coefficient (Wildman–Crippen LogP) is -0.0854. The van der Waals surface area contributed by atoms with E-state index in [0.29, 0.717) is 6.42 Å². The van der Waals surface area contributed by atoms with Gasteiger partial charge in [-0.15, -0.1) is 0 Å². The molecule has 0 radical (unpaired) electrons. The molecule has 0 saturated heterocycles. The van der Waals surface area contributed by atoms with Crippen LogP contribution in [0.15, 0.2) is 18.6 Å². The maximum Gasteiger partial charge on any atom is 0.243 e. The van der Waals surface area contributed by atoms with Gasteiger partial charge in [0.1, 0.15) is 0 Å². The Morgan fingerprint density at radius 1 is 1.58 bits per heavy atom. The highest BCUT2D eigenvalue weighted by atomic mass is 16.5. The van der Waals surface area contributed by atoms with Gasteiger partial charge in [0.2, 0.25) is 5.91 Å². The van der Waals surface area contributed by atoms with Crippen LogP contribution in [0.2, 0.25) is 0 Å². The topological polar surface area (TPSA) is 75.1 Å².